The van der Waals surface area contributed by atoms with Gasteiger partial charge in [-0.25, -0.2) is 15.0 Å². The van der Waals surface area contributed by atoms with E-state index in [1.807, 2.05) is 0 Å². The lowest BCUT2D eigenvalue weighted by molar-refractivity contribution is -0.137. The largest absolute Gasteiger partial charge is 0.387 e. The number of nitrogens with zero attached hydrogens (tertiary/aromatic N) is 4. The molecule has 1 saturated carbocycles. The molecule has 2 aliphatic rings. The number of amides is 1. The summed E-state index contributed by atoms with van der Waals surface area (Å²) in [5.41, 5.74) is 5.14. The molecular formula is C22H34N6O5. The normalized spacial score (nSPS) is 30.4. The number of rotatable bonds is 4. The smallest absolute Gasteiger partial charge is 0.252 e. The van der Waals surface area contributed by atoms with Gasteiger partial charge in [0.25, 0.3) is 5.91 Å². The van der Waals surface area contributed by atoms with Crippen molar-refractivity contribution in [3.8, 4) is 0 Å². The molecule has 2 aromatic rings. The fraction of sp³-hybridized carbons (Fsp3) is 0.727. The monoisotopic (exact) mass is 462 g/mol. The van der Waals surface area contributed by atoms with Gasteiger partial charge in [0.15, 0.2) is 29.6 Å². The lowest BCUT2D eigenvalue weighted by Crippen LogP contribution is -2.45. The van der Waals surface area contributed by atoms with E-state index >= 15 is 0 Å². The van der Waals surface area contributed by atoms with Gasteiger partial charge in [0.2, 0.25) is 0 Å². The van der Waals surface area contributed by atoms with Gasteiger partial charge in [0.05, 0.1) is 6.33 Å². The number of imidazole rings is 1. The van der Waals surface area contributed by atoms with Crippen LogP contribution in [0.4, 0.5) is 5.82 Å². The summed E-state index contributed by atoms with van der Waals surface area (Å²) in [6, 6.07) is 0. The first-order valence-electron chi connectivity index (χ1n) is 11.3. The quantitative estimate of drug-likeness (QED) is 0.436. The minimum atomic E-state index is -1.43. The summed E-state index contributed by atoms with van der Waals surface area (Å²) in [7, 11) is 0. The SMILES string of the molecule is CCNC(=O)[C@H]1O[C@@H](n2cnc3c(N)nc(C4(O)CC(C)(C)CC(C)(C)C4)nc32)C(O)C1O. The third kappa shape index (κ3) is 4.18. The third-order valence-corrected chi connectivity index (χ3v) is 6.49. The van der Waals surface area contributed by atoms with Crippen molar-refractivity contribution < 1.29 is 24.9 Å². The molecule has 182 valence electrons. The van der Waals surface area contributed by atoms with Crippen LogP contribution in [0.1, 0.15) is 65.9 Å². The molecule has 2 fully saturated rings. The maximum Gasteiger partial charge on any atom is 0.252 e. The molecule has 1 aliphatic heterocycles. The van der Waals surface area contributed by atoms with E-state index in [-0.39, 0.29) is 33.6 Å². The average Bonchev–Trinajstić information content (AvgIpc) is 3.21. The van der Waals surface area contributed by atoms with E-state index in [2.05, 4.69) is 48.0 Å². The number of ether oxygens (including phenoxy) is 1. The van der Waals surface area contributed by atoms with Gasteiger partial charge < -0.3 is 31.1 Å². The van der Waals surface area contributed by atoms with Crippen LogP contribution in [-0.2, 0) is 15.1 Å². The molecule has 2 unspecified atom stereocenters. The van der Waals surface area contributed by atoms with Gasteiger partial charge in [-0.15, -0.1) is 0 Å². The predicted octanol–water partition coefficient (Wildman–Crippen LogP) is 0.588. The molecule has 3 heterocycles. The van der Waals surface area contributed by atoms with Gasteiger partial charge in [0, 0.05) is 6.54 Å². The summed E-state index contributed by atoms with van der Waals surface area (Å²) in [6.45, 7) is 10.5. The molecule has 33 heavy (non-hydrogen) atoms. The Morgan fingerprint density at radius 2 is 1.82 bits per heavy atom. The van der Waals surface area contributed by atoms with Crippen molar-refractivity contribution in [3.63, 3.8) is 0 Å². The Kier molecular flexibility index (Phi) is 5.67. The Balaban J connectivity index is 1.75. The molecular weight excluding hydrogens is 428 g/mol. The number of aromatic nitrogens is 4. The lowest BCUT2D eigenvalue weighted by atomic mass is 9.59. The highest BCUT2D eigenvalue weighted by molar-refractivity contribution is 5.83. The lowest BCUT2D eigenvalue weighted by Gasteiger charge is -2.48. The van der Waals surface area contributed by atoms with Gasteiger partial charge in [-0.2, -0.15) is 0 Å². The van der Waals surface area contributed by atoms with Crippen molar-refractivity contribution in [2.45, 2.75) is 84.0 Å². The Labute approximate surface area is 192 Å². The summed E-state index contributed by atoms with van der Waals surface area (Å²) in [5, 5.41) is 35.3. The van der Waals surface area contributed by atoms with E-state index in [1.165, 1.54) is 10.9 Å². The zero-order valence-electron chi connectivity index (χ0n) is 19.7. The van der Waals surface area contributed by atoms with Gasteiger partial charge in [-0.3, -0.25) is 9.36 Å². The van der Waals surface area contributed by atoms with Crippen molar-refractivity contribution in [1.29, 1.82) is 0 Å². The van der Waals surface area contributed by atoms with E-state index in [4.69, 9.17) is 10.5 Å². The first kappa shape index (κ1) is 23.8. The maximum atomic E-state index is 12.2. The van der Waals surface area contributed by atoms with Crippen LogP contribution >= 0.6 is 0 Å². The predicted molar refractivity (Wildman–Crippen MR) is 120 cm³/mol. The van der Waals surface area contributed by atoms with Crippen LogP contribution in [0.25, 0.3) is 11.2 Å². The van der Waals surface area contributed by atoms with Gasteiger partial charge >= 0.3 is 0 Å². The zero-order valence-corrected chi connectivity index (χ0v) is 19.7. The molecule has 4 atom stereocenters. The first-order chi connectivity index (χ1) is 15.3. The zero-order chi connectivity index (χ0) is 24.3. The second-order valence-corrected chi connectivity index (χ2v) is 11.0. The van der Waals surface area contributed by atoms with Gasteiger partial charge in [-0.05, 0) is 37.0 Å². The second-order valence-electron chi connectivity index (χ2n) is 11.0. The molecule has 0 radical (unpaired) electrons. The molecule has 1 aliphatic carbocycles. The summed E-state index contributed by atoms with van der Waals surface area (Å²) < 4.78 is 7.14. The molecule has 1 amide bonds. The summed E-state index contributed by atoms with van der Waals surface area (Å²) >= 11 is 0. The Morgan fingerprint density at radius 3 is 2.42 bits per heavy atom. The molecule has 0 spiro atoms. The van der Waals surface area contributed by atoms with Crippen molar-refractivity contribution >= 4 is 22.9 Å². The highest BCUT2D eigenvalue weighted by Gasteiger charge is 2.50. The number of carbonyl (C=O) groups excluding carboxylic acids is 1. The minimum Gasteiger partial charge on any atom is -0.387 e. The fourth-order valence-corrected chi connectivity index (χ4v) is 5.94. The fourth-order valence-electron chi connectivity index (χ4n) is 5.94. The van der Waals surface area contributed by atoms with Crippen LogP contribution in [0.5, 0.6) is 0 Å². The van der Waals surface area contributed by atoms with E-state index in [1.54, 1.807) is 6.92 Å². The van der Waals surface area contributed by atoms with E-state index in [0.29, 0.717) is 19.4 Å². The molecule has 4 rings (SSSR count). The Hall–Kier alpha value is -2.34. The number of carbonyl (C=O) groups is 1. The van der Waals surface area contributed by atoms with Crippen LogP contribution in [0.2, 0.25) is 0 Å². The number of nitrogens with one attached hydrogen (secondary N) is 1. The summed E-state index contributed by atoms with van der Waals surface area (Å²) in [5.74, 6) is -0.244. The van der Waals surface area contributed by atoms with Crippen LogP contribution in [0, 0.1) is 10.8 Å². The number of hydrogen-bond donors (Lipinski definition) is 5. The van der Waals surface area contributed by atoms with Crippen LogP contribution in [0.15, 0.2) is 6.33 Å². The van der Waals surface area contributed by atoms with Crippen molar-refractivity contribution in [3.05, 3.63) is 12.2 Å². The number of nitrogens with two attached hydrogens (primary N) is 1. The van der Waals surface area contributed by atoms with E-state index in [9.17, 15) is 20.1 Å². The number of likely N-dealkylation sites (N-methyl/N-ethyl adjacent to an activating group) is 1. The molecule has 6 N–H and O–H groups in total. The highest BCUT2D eigenvalue weighted by Crippen LogP contribution is 2.53. The average molecular weight is 463 g/mol. The van der Waals surface area contributed by atoms with Gasteiger partial charge in [0.1, 0.15) is 23.3 Å². The number of aliphatic hydroxyl groups is 3. The van der Waals surface area contributed by atoms with Crippen LogP contribution < -0.4 is 11.1 Å². The number of aliphatic hydroxyl groups excluding tert-OH is 2. The molecule has 11 heteroatoms. The van der Waals surface area contributed by atoms with E-state index in [0.717, 1.165) is 6.42 Å². The molecule has 11 nitrogen and oxygen atoms in total. The topological polar surface area (TPSA) is 169 Å². The van der Waals surface area contributed by atoms with E-state index < -0.39 is 36.0 Å². The minimum absolute atomic E-state index is 0.0941. The van der Waals surface area contributed by atoms with Crippen LogP contribution in [0.3, 0.4) is 0 Å². The number of nitrogen functional groups attached to an aromatic ring is 1. The maximum absolute atomic E-state index is 12.2. The summed E-state index contributed by atoms with van der Waals surface area (Å²) in [6.07, 6.45) is -1.95. The number of hydrogen-bond acceptors (Lipinski definition) is 9. The molecule has 0 bridgehead atoms. The van der Waals surface area contributed by atoms with Crippen molar-refractivity contribution in [2.24, 2.45) is 10.8 Å². The standard InChI is InChI=1S/C22H34N6O5/c1-6-24-17(31)14-12(29)13(30)18(33-14)28-10-25-11-15(23)26-19(27-16(11)28)22(32)8-20(2,3)7-21(4,5)9-22/h10,12-14,18,29-30,32H,6-9H2,1-5H3,(H,24,31)(H2,23,26,27)/t12?,13?,14-,18+/m0/s1. The summed E-state index contributed by atoms with van der Waals surface area (Å²) in [4.78, 5) is 25.5. The molecule has 0 aromatic carbocycles. The second kappa shape index (κ2) is 7.86. The number of anilines is 1. The number of fused-ring (bicyclic) bond motifs is 1. The highest BCUT2D eigenvalue weighted by atomic mass is 16.6. The third-order valence-electron chi connectivity index (χ3n) is 6.49. The van der Waals surface area contributed by atoms with Crippen molar-refractivity contribution in [2.75, 3.05) is 12.3 Å². The Bertz CT molecular complexity index is 1050. The first-order valence-corrected chi connectivity index (χ1v) is 11.3. The Morgan fingerprint density at radius 1 is 1.18 bits per heavy atom. The van der Waals surface area contributed by atoms with Crippen LogP contribution in [-0.4, -0.2) is 65.6 Å². The molecule has 2 aromatic heterocycles. The van der Waals surface area contributed by atoms with Gasteiger partial charge in [-0.1, -0.05) is 27.7 Å². The molecule has 1 saturated heterocycles. The van der Waals surface area contributed by atoms with Crippen molar-refractivity contribution in [1.82, 2.24) is 24.8 Å².